The van der Waals surface area contributed by atoms with Crippen LogP contribution in [-0.2, 0) is 0 Å². The minimum absolute atomic E-state index is 0.000556. The van der Waals surface area contributed by atoms with Gasteiger partial charge in [0.15, 0.2) is 6.73 Å². The molecule has 15 heavy (non-hydrogen) atoms. The second kappa shape index (κ2) is 4.11. The Kier molecular flexibility index (Phi) is 2.82. The van der Waals surface area contributed by atoms with Crippen molar-refractivity contribution < 1.29 is 9.53 Å². The van der Waals surface area contributed by atoms with E-state index < -0.39 is 0 Å². The molecule has 1 aliphatic heterocycles. The quantitative estimate of drug-likeness (QED) is 0.721. The van der Waals surface area contributed by atoms with Gasteiger partial charge in [-0.2, -0.15) is 0 Å². The van der Waals surface area contributed by atoms with Crippen molar-refractivity contribution in [2.75, 3.05) is 19.2 Å². The Balaban J connectivity index is 2.32. The van der Waals surface area contributed by atoms with E-state index in [-0.39, 0.29) is 5.91 Å². The minimum atomic E-state index is 0.000556. The number of rotatable bonds is 2. The van der Waals surface area contributed by atoms with Gasteiger partial charge in [-0.05, 0) is 19.1 Å². The third-order valence-corrected chi connectivity index (χ3v) is 2.55. The van der Waals surface area contributed by atoms with Crippen molar-refractivity contribution in [3.63, 3.8) is 0 Å². The molecule has 0 unspecified atom stereocenters. The van der Waals surface area contributed by atoms with Crippen molar-refractivity contribution in [2.45, 2.75) is 6.92 Å². The lowest BCUT2D eigenvalue weighted by Crippen LogP contribution is -2.39. The number of nitrogens with zero attached hydrogens (tertiary/aromatic N) is 1. The molecular formula is C11H12ClNO2. The molecule has 1 aliphatic rings. The molecule has 0 spiro atoms. The summed E-state index contributed by atoms with van der Waals surface area (Å²) in [4.78, 5) is 13.6. The minimum Gasteiger partial charge on any atom is -0.472 e. The Hall–Kier alpha value is -1.22. The standard InChI is InChI=1S/C11H12ClNO2/c1-8-2-3-10-9(6-8)11(14)13(5-4-12)7-15-10/h2-3,6H,4-5,7H2,1H3. The molecule has 1 aromatic rings. The maximum absolute atomic E-state index is 11.9. The van der Waals surface area contributed by atoms with E-state index in [2.05, 4.69) is 0 Å². The average Bonchev–Trinajstić information content (AvgIpc) is 2.23. The van der Waals surface area contributed by atoms with Gasteiger partial charge >= 0.3 is 0 Å². The molecule has 4 heteroatoms. The van der Waals surface area contributed by atoms with E-state index in [4.69, 9.17) is 16.3 Å². The molecule has 1 heterocycles. The molecule has 0 radical (unpaired) electrons. The van der Waals surface area contributed by atoms with Crippen LogP contribution < -0.4 is 4.74 Å². The molecule has 1 aromatic carbocycles. The van der Waals surface area contributed by atoms with Crippen molar-refractivity contribution in [3.05, 3.63) is 29.3 Å². The van der Waals surface area contributed by atoms with Gasteiger partial charge in [-0.1, -0.05) is 11.6 Å². The number of ether oxygens (including phenoxy) is 1. The molecule has 0 fully saturated rings. The van der Waals surface area contributed by atoms with Gasteiger partial charge in [0.2, 0.25) is 0 Å². The first-order valence-corrected chi connectivity index (χ1v) is 5.34. The summed E-state index contributed by atoms with van der Waals surface area (Å²) < 4.78 is 5.46. The van der Waals surface area contributed by atoms with Crippen LogP contribution in [0.1, 0.15) is 15.9 Å². The number of aryl methyl sites for hydroxylation is 1. The number of halogens is 1. The number of alkyl halides is 1. The molecule has 80 valence electrons. The van der Waals surface area contributed by atoms with Crippen LogP contribution in [0.15, 0.2) is 18.2 Å². The summed E-state index contributed by atoms with van der Waals surface area (Å²) in [6, 6.07) is 5.61. The summed E-state index contributed by atoms with van der Waals surface area (Å²) in [5.74, 6) is 1.09. The molecular weight excluding hydrogens is 214 g/mol. The van der Waals surface area contributed by atoms with Gasteiger partial charge in [0.25, 0.3) is 5.91 Å². The van der Waals surface area contributed by atoms with Gasteiger partial charge in [0.1, 0.15) is 5.75 Å². The van der Waals surface area contributed by atoms with Gasteiger partial charge in [-0.3, -0.25) is 4.79 Å². The lowest BCUT2D eigenvalue weighted by atomic mass is 10.1. The highest BCUT2D eigenvalue weighted by Gasteiger charge is 2.24. The molecule has 0 bridgehead atoms. The number of hydrogen-bond acceptors (Lipinski definition) is 2. The van der Waals surface area contributed by atoms with Crippen molar-refractivity contribution in [1.82, 2.24) is 4.90 Å². The van der Waals surface area contributed by atoms with Gasteiger partial charge in [0.05, 0.1) is 5.56 Å². The summed E-state index contributed by atoms with van der Waals surface area (Å²) in [7, 11) is 0. The fraction of sp³-hybridized carbons (Fsp3) is 0.364. The number of fused-ring (bicyclic) bond motifs is 1. The first-order chi connectivity index (χ1) is 7.22. The van der Waals surface area contributed by atoms with Crippen LogP contribution in [0.25, 0.3) is 0 Å². The van der Waals surface area contributed by atoms with Crippen LogP contribution in [0.2, 0.25) is 0 Å². The van der Waals surface area contributed by atoms with E-state index in [1.54, 1.807) is 4.90 Å². The zero-order chi connectivity index (χ0) is 10.8. The first-order valence-electron chi connectivity index (χ1n) is 4.81. The maximum Gasteiger partial charge on any atom is 0.260 e. The maximum atomic E-state index is 11.9. The normalized spacial score (nSPS) is 14.8. The van der Waals surface area contributed by atoms with E-state index in [9.17, 15) is 4.79 Å². The SMILES string of the molecule is Cc1ccc2c(c1)C(=O)N(CCCl)CO2. The number of amides is 1. The van der Waals surface area contributed by atoms with Crippen molar-refractivity contribution in [2.24, 2.45) is 0 Å². The molecule has 0 aromatic heterocycles. The van der Waals surface area contributed by atoms with Crippen molar-refractivity contribution in [3.8, 4) is 5.75 Å². The number of benzene rings is 1. The molecule has 0 saturated carbocycles. The summed E-state index contributed by atoms with van der Waals surface area (Å²) in [5, 5.41) is 0. The fourth-order valence-electron chi connectivity index (χ4n) is 1.58. The van der Waals surface area contributed by atoms with Gasteiger partial charge in [0, 0.05) is 12.4 Å². The lowest BCUT2D eigenvalue weighted by Gasteiger charge is -2.28. The summed E-state index contributed by atoms with van der Waals surface area (Å²) in [6.07, 6.45) is 0. The second-order valence-electron chi connectivity index (χ2n) is 3.53. The predicted molar refractivity (Wildman–Crippen MR) is 58.4 cm³/mol. The van der Waals surface area contributed by atoms with Crippen molar-refractivity contribution >= 4 is 17.5 Å². The zero-order valence-corrected chi connectivity index (χ0v) is 9.25. The smallest absolute Gasteiger partial charge is 0.260 e. The van der Waals surface area contributed by atoms with E-state index in [1.165, 1.54) is 0 Å². The van der Waals surface area contributed by atoms with E-state index in [0.29, 0.717) is 30.5 Å². The van der Waals surface area contributed by atoms with Crippen LogP contribution >= 0.6 is 11.6 Å². The zero-order valence-electron chi connectivity index (χ0n) is 8.50. The van der Waals surface area contributed by atoms with E-state index in [0.717, 1.165) is 5.56 Å². The summed E-state index contributed by atoms with van der Waals surface area (Å²) >= 11 is 5.61. The Morgan fingerprint density at radius 3 is 3.07 bits per heavy atom. The number of carbonyl (C=O) groups excluding carboxylic acids is 1. The third kappa shape index (κ3) is 1.92. The van der Waals surface area contributed by atoms with Gasteiger partial charge in [-0.25, -0.2) is 0 Å². The largest absolute Gasteiger partial charge is 0.472 e. The van der Waals surface area contributed by atoms with Gasteiger partial charge in [-0.15, -0.1) is 11.6 Å². The Labute approximate surface area is 93.6 Å². The fourth-order valence-corrected chi connectivity index (χ4v) is 1.79. The van der Waals surface area contributed by atoms with Crippen LogP contribution in [0.4, 0.5) is 0 Å². The third-order valence-electron chi connectivity index (χ3n) is 2.38. The Morgan fingerprint density at radius 1 is 1.53 bits per heavy atom. The Bertz CT molecular complexity index is 392. The molecule has 0 N–H and O–H groups in total. The molecule has 0 saturated heterocycles. The van der Waals surface area contributed by atoms with E-state index in [1.807, 2.05) is 25.1 Å². The van der Waals surface area contributed by atoms with Gasteiger partial charge < -0.3 is 9.64 Å². The average molecular weight is 226 g/mol. The van der Waals surface area contributed by atoms with Crippen LogP contribution in [0.5, 0.6) is 5.75 Å². The molecule has 0 atom stereocenters. The molecule has 0 aliphatic carbocycles. The van der Waals surface area contributed by atoms with Crippen LogP contribution in [0.3, 0.4) is 0 Å². The lowest BCUT2D eigenvalue weighted by molar-refractivity contribution is 0.0540. The molecule has 2 rings (SSSR count). The molecule has 1 amide bonds. The highest BCUT2D eigenvalue weighted by Crippen LogP contribution is 2.25. The van der Waals surface area contributed by atoms with Crippen molar-refractivity contribution in [1.29, 1.82) is 0 Å². The highest BCUT2D eigenvalue weighted by atomic mass is 35.5. The predicted octanol–water partition coefficient (Wildman–Crippen LogP) is 2.03. The highest BCUT2D eigenvalue weighted by molar-refractivity contribution is 6.18. The Morgan fingerprint density at radius 2 is 2.33 bits per heavy atom. The summed E-state index contributed by atoms with van der Waals surface area (Å²) in [6.45, 7) is 2.77. The van der Waals surface area contributed by atoms with Crippen LogP contribution in [-0.4, -0.2) is 30.0 Å². The number of carbonyl (C=O) groups is 1. The number of hydrogen-bond donors (Lipinski definition) is 0. The monoisotopic (exact) mass is 225 g/mol. The van der Waals surface area contributed by atoms with Crippen LogP contribution in [0, 0.1) is 6.92 Å². The topological polar surface area (TPSA) is 29.5 Å². The molecule has 3 nitrogen and oxygen atoms in total. The summed E-state index contributed by atoms with van der Waals surface area (Å²) in [5.41, 5.74) is 1.68. The second-order valence-corrected chi connectivity index (χ2v) is 3.91. The first kappa shape index (κ1) is 10.3. The van der Waals surface area contributed by atoms with E-state index >= 15 is 0 Å².